The Labute approximate surface area is 135 Å². The number of ketones is 1. The molecule has 1 fully saturated rings. The van der Waals surface area contributed by atoms with E-state index in [0.29, 0.717) is 6.42 Å². The molecule has 1 saturated heterocycles. The highest BCUT2D eigenvalue weighted by Gasteiger charge is 2.44. The first-order valence-corrected chi connectivity index (χ1v) is 11.0. The Morgan fingerprint density at radius 1 is 1.27 bits per heavy atom. The van der Waals surface area contributed by atoms with Crippen LogP contribution in [0.15, 0.2) is 0 Å². The second-order valence-corrected chi connectivity index (χ2v) is 11.2. The zero-order valence-electron chi connectivity index (χ0n) is 14.8. The predicted molar refractivity (Wildman–Crippen MR) is 88.3 cm³/mol. The number of aliphatic hydroxyl groups is 1. The number of rotatable bonds is 9. The Morgan fingerprint density at radius 3 is 2.18 bits per heavy atom. The summed E-state index contributed by atoms with van der Waals surface area (Å²) in [5, 5.41) is 10.3. The molecule has 6 heteroatoms. The third kappa shape index (κ3) is 4.61. The summed E-state index contributed by atoms with van der Waals surface area (Å²) >= 11 is 0. The van der Waals surface area contributed by atoms with Gasteiger partial charge in [0.15, 0.2) is 19.9 Å². The third-order valence-electron chi connectivity index (χ3n) is 4.68. The zero-order chi connectivity index (χ0) is 17.0. The fourth-order valence-corrected chi connectivity index (χ4v) is 5.63. The van der Waals surface area contributed by atoms with Gasteiger partial charge in [-0.25, -0.2) is 0 Å². The van der Waals surface area contributed by atoms with E-state index in [1.807, 2.05) is 6.92 Å². The average Bonchev–Trinajstić information content (AvgIpc) is 2.88. The third-order valence-corrected chi connectivity index (χ3v) is 9.30. The molecule has 0 unspecified atom stereocenters. The first-order valence-electron chi connectivity index (χ1n) is 8.45. The first kappa shape index (κ1) is 19.8. The van der Waals surface area contributed by atoms with E-state index >= 15 is 0 Å². The Balaban J connectivity index is 2.91. The quantitative estimate of drug-likeness (QED) is 0.658. The van der Waals surface area contributed by atoms with Gasteiger partial charge in [-0.2, -0.15) is 0 Å². The highest BCUT2D eigenvalue weighted by atomic mass is 28.4. The molecule has 0 aromatic heterocycles. The van der Waals surface area contributed by atoms with Crippen molar-refractivity contribution in [3.05, 3.63) is 0 Å². The molecule has 0 bridgehead atoms. The van der Waals surface area contributed by atoms with Gasteiger partial charge in [0.1, 0.15) is 12.2 Å². The molecule has 0 radical (unpaired) electrons. The Kier molecular flexibility index (Phi) is 7.20. The topological polar surface area (TPSA) is 65.0 Å². The van der Waals surface area contributed by atoms with Crippen LogP contribution in [0.25, 0.3) is 0 Å². The minimum atomic E-state index is -1.99. The lowest BCUT2D eigenvalue weighted by Crippen LogP contribution is -2.51. The summed E-state index contributed by atoms with van der Waals surface area (Å²) in [5.41, 5.74) is 0. The van der Waals surface area contributed by atoms with Crippen LogP contribution in [0.3, 0.4) is 0 Å². The van der Waals surface area contributed by atoms with Crippen LogP contribution in [0.1, 0.15) is 48.0 Å². The van der Waals surface area contributed by atoms with E-state index in [2.05, 4.69) is 20.8 Å². The largest absolute Gasteiger partial charge is 0.404 e. The van der Waals surface area contributed by atoms with Crippen molar-refractivity contribution in [3.8, 4) is 0 Å². The normalized spacial score (nSPS) is 24.2. The zero-order valence-corrected chi connectivity index (χ0v) is 15.8. The molecule has 5 nitrogen and oxygen atoms in total. The smallest absolute Gasteiger partial charge is 0.194 e. The predicted octanol–water partition coefficient (Wildman–Crippen LogP) is 2.87. The van der Waals surface area contributed by atoms with Crippen molar-refractivity contribution in [2.45, 2.75) is 90.2 Å². The average molecular weight is 333 g/mol. The number of carbonyl (C=O) groups is 1. The van der Waals surface area contributed by atoms with Gasteiger partial charge in [-0.1, -0.05) is 27.7 Å². The van der Waals surface area contributed by atoms with Gasteiger partial charge in [-0.05, 0) is 38.4 Å². The van der Waals surface area contributed by atoms with Gasteiger partial charge in [-0.15, -0.1) is 0 Å². The Bertz CT molecular complexity index is 359. The van der Waals surface area contributed by atoms with E-state index in [1.54, 1.807) is 13.8 Å². The summed E-state index contributed by atoms with van der Waals surface area (Å²) < 4.78 is 17.4. The fourth-order valence-electron chi connectivity index (χ4n) is 2.82. The summed E-state index contributed by atoms with van der Waals surface area (Å²) in [6.45, 7) is 12.0. The van der Waals surface area contributed by atoms with Crippen molar-refractivity contribution in [2.24, 2.45) is 0 Å². The second kappa shape index (κ2) is 8.01. The molecule has 3 atom stereocenters. The van der Waals surface area contributed by atoms with E-state index in [1.165, 1.54) is 0 Å². The SMILES string of the molecule is CC[C@H](O)[C@@H](O[Si](CC)(CC)CC)C(=O)[C@@H]1COC(C)(C)O1. The molecule has 1 aliphatic heterocycles. The molecule has 0 aromatic carbocycles. The van der Waals surface area contributed by atoms with Crippen LogP contribution in [0.4, 0.5) is 0 Å². The minimum Gasteiger partial charge on any atom is -0.404 e. The van der Waals surface area contributed by atoms with Crippen LogP contribution >= 0.6 is 0 Å². The molecule has 22 heavy (non-hydrogen) atoms. The maximum Gasteiger partial charge on any atom is 0.194 e. The molecule has 1 N–H and O–H groups in total. The van der Waals surface area contributed by atoms with E-state index in [0.717, 1.165) is 18.1 Å². The molecule has 0 saturated carbocycles. The lowest BCUT2D eigenvalue weighted by Gasteiger charge is -2.35. The van der Waals surface area contributed by atoms with Crippen LogP contribution in [0.2, 0.25) is 18.1 Å². The van der Waals surface area contributed by atoms with Crippen LogP contribution < -0.4 is 0 Å². The van der Waals surface area contributed by atoms with E-state index in [4.69, 9.17) is 13.9 Å². The molecule has 0 spiro atoms. The van der Waals surface area contributed by atoms with Gasteiger partial charge in [0.2, 0.25) is 0 Å². The molecule has 1 rings (SSSR count). The molecule has 0 amide bonds. The van der Waals surface area contributed by atoms with E-state index in [-0.39, 0.29) is 12.4 Å². The van der Waals surface area contributed by atoms with Crippen molar-refractivity contribution < 1.29 is 23.8 Å². The van der Waals surface area contributed by atoms with Gasteiger partial charge in [0.05, 0.1) is 12.7 Å². The molecule has 1 heterocycles. The standard InChI is InChI=1S/C16H32O5Si/c1-7-12(17)15(21-22(8-2,9-3)10-4)14(18)13-11-19-16(5,6)20-13/h12-13,15,17H,7-11H2,1-6H3/t12-,13-,15+/m0/s1. The summed E-state index contributed by atoms with van der Waals surface area (Å²) in [4.78, 5) is 12.8. The van der Waals surface area contributed by atoms with Gasteiger partial charge >= 0.3 is 0 Å². The Morgan fingerprint density at radius 2 is 1.82 bits per heavy atom. The van der Waals surface area contributed by atoms with Crippen molar-refractivity contribution in [1.82, 2.24) is 0 Å². The number of hydrogen-bond donors (Lipinski definition) is 1. The van der Waals surface area contributed by atoms with Crippen molar-refractivity contribution in [3.63, 3.8) is 0 Å². The molecule has 1 aliphatic rings. The van der Waals surface area contributed by atoms with Crippen molar-refractivity contribution in [2.75, 3.05) is 6.61 Å². The van der Waals surface area contributed by atoms with Gasteiger partial charge in [0, 0.05) is 0 Å². The lowest BCUT2D eigenvalue weighted by atomic mass is 10.0. The highest BCUT2D eigenvalue weighted by Crippen LogP contribution is 2.29. The molecule has 0 aromatic rings. The van der Waals surface area contributed by atoms with Crippen LogP contribution in [0, 0.1) is 0 Å². The van der Waals surface area contributed by atoms with Crippen molar-refractivity contribution >= 4 is 14.1 Å². The van der Waals surface area contributed by atoms with Crippen molar-refractivity contribution in [1.29, 1.82) is 0 Å². The number of Topliss-reactive ketones (excluding diaryl/α,β-unsaturated/α-hetero) is 1. The number of hydrogen-bond acceptors (Lipinski definition) is 5. The molecule has 0 aliphatic carbocycles. The lowest BCUT2D eigenvalue weighted by molar-refractivity contribution is -0.159. The molecule has 130 valence electrons. The molecular weight excluding hydrogens is 300 g/mol. The van der Waals surface area contributed by atoms with E-state index < -0.39 is 32.4 Å². The Hall–Kier alpha value is -0.273. The monoisotopic (exact) mass is 332 g/mol. The number of carbonyl (C=O) groups excluding carboxylic acids is 1. The molecular formula is C16H32O5Si. The fraction of sp³-hybridized carbons (Fsp3) is 0.938. The van der Waals surface area contributed by atoms with Gasteiger partial charge in [-0.3, -0.25) is 4.79 Å². The van der Waals surface area contributed by atoms with Crippen LogP contribution in [-0.2, 0) is 18.7 Å². The summed E-state index contributed by atoms with van der Waals surface area (Å²) in [6.07, 6.45) is -1.77. The maximum atomic E-state index is 12.8. The highest BCUT2D eigenvalue weighted by molar-refractivity contribution is 6.73. The summed E-state index contributed by atoms with van der Waals surface area (Å²) in [7, 11) is -1.99. The first-order chi connectivity index (χ1) is 10.2. The number of aliphatic hydroxyl groups excluding tert-OH is 1. The minimum absolute atomic E-state index is 0.188. The summed E-state index contributed by atoms with van der Waals surface area (Å²) in [6, 6.07) is 2.81. The number of ether oxygens (including phenoxy) is 2. The van der Waals surface area contributed by atoms with Crippen LogP contribution in [-0.4, -0.2) is 49.9 Å². The maximum absolute atomic E-state index is 12.8. The van der Waals surface area contributed by atoms with E-state index in [9.17, 15) is 9.90 Å². The van der Waals surface area contributed by atoms with Gasteiger partial charge < -0.3 is 19.0 Å². The second-order valence-electron chi connectivity index (χ2n) is 6.48. The van der Waals surface area contributed by atoms with Gasteiger partial charge in [0.25, 0.3) is 0 Å². The summed E-state index contributed by atoms with van der Waals surface area (Å²) in [5.74, 6) is -0.941. The van der Waals surface area contributed by atoms with Crippen LogP contribution in [0.5, 0.6) is 0 Å².